The molecule has 0 radical (unpaired) electrons. The third-order valence-corrected chi connectivity index (χ3v) is 6.62. The first kappa shape index (κ1) is 20.2. The van der Waals surface area contributed by atoms with Crippen LogP contribution in [0.15, 0.2) is 29.4 Å². The fourth-order valence-corrected chi connectivity index (χ4v) is 4.84. The van der Waals surface area contributed by atoms with E-state index in [1.54, 1.807) is 11.8 Å². The summed E-state index contributed by atoms with van der Waals surface area (Å²) in [7, 11) is 0. The third kappa shape index (κ3) is 5.50. The molecule has 5 heteroatoms. The van der Waals surface area contributed by atoms with Gasteiger partial charge in [-0.3, -0.25) is 4.79 Å². The smallest absolute Gasteiger partial charge is 0.230 e. The molecule has 148 valence electrons. The summed E-state index contributed by atoms with van der Waals surface area (Å²) in [6.45, 7) is 5.47. The van der Waals surface area contributed by atoms with E-state index in [0.717, 1.165) is 30.1 Å². The SMILES string of the molecule is CCCCCCn1c(SCC(=O)N[C@@H]2CCCC[C@H]2C)nc2ccccc21. The molecule has 1 amide bonds. The van der Waals surface area contributed by atoms with Crippen LogP contribution in [0.5, 0.6) is 0 Å². The Bertz CT molecular complexity index is 742. The standard InChI is InChI=1S/C22H33N3OS/c1-3-4-5-10-15-25-20-14-9-8-13-19(20)24-22(25)27-16-21(26)23-18-12-7-6-11-17(18)2/h8-9,13-14,17-18H,3-7,10-12,15-16H2,1-2H3,(H,23,26)/t17-,18-/m1/s1. The van der Waals surface area contributed by atoms with Gasteiger partial charge in [-0.05, 0) is 37.3 Å². The number of carbonyl (C=O) groups is 1. The second kappa shape index (κ2) is 10.2. The van der Waals surface area contributed by atoms with Crippen molar-refractivity contribution < 1.29 is 4.79 Å². The Morgan fingerprint density at radius 3 is 2.85 bits per heavy atom. The Labute approximate surface area is 167 Å². The highest BCUT2D eigenvalue weighted by molar-refractivity contribution is 7.99. The van der Waals surface area contributed by atoms with E-state index < -0.39 is 0 Å². The third-order valence-electron chi connectivity index (χ3n) is 5.65. The Kier molecular flexibility index (Phi) is 7.62. The lowest BCUT2D eigenvalue weighted by Gasteiger charge is -2.29. The minimum absolute atomic E-state index is 0.142. The number of aromatic nitrogens is 2. The first-order chi connectivity index (χ1) is 13.2. The van der Waals surface area contributed by atoms with Gasteiger partial charge in [-0.25, -0.2) is 4.98 Å². The van der Waals surface area contributed by atoms with E-state index >= 15 is 0 Å². The molecule has 1 aromatic heterocycles. The van der Waals surface area contributed by atoms with E-state index in [0.29, 0.717) is 17.7 Å². The van der Waals surface area contributed by atoms with Crippen LogP contribution in [0.3, 0.4) is 0 Å². The molecule has 27 heavy (non-hydrogen) atoms. The Morgan fingerprint density at radius 2 is 2.04 bits per heavy atom. The van der Waals surface area contributed by atoms with Crippen LogP contribution in [0.25, 0.3) is 11.0 Å². The molecule has 1 heterocycles. The lowest BCUT2D eigenvalue weighted by Crippen LogP contribution is -2.41. The fourth-order valence-electron chi connectivity index (χ4n) is 3.99. The molecule has 0 spiro atoms. The van der Waals surface area contributed by atoms with Crippen LogP contribution in [0.2, 0.25) is 0 Å². The van der Waals surface area contributed by atoms with Crippen molar-refractivity contribution in [2.75, 3.05) is 5.75 Å². The number of nitrogens with one attached hydrogen (secondary N) is 1. The summed E-state index contributed by atoms with van der Waals surface area (Å²) in [5.41, 5.74) is 2.20. The molecule has 0 unspecified atom stereocenters. The number of nitrogens with zero attached hydrogens (tertiary/aromatic N) is 2. The number of hydrogen-bond acceptors (Lipinski definition) is 3. The van der Waals surface area contributed by atoms with Crippen molar-refractivity contribution in [3.63, 3.8) is 0 Å². The van der Waals surface area contributed by atoms with Crippen molar-refractivity contribution in [3.8, 4) is 0 Å². The molecule has 1 aromatic carbocycles. The summed E-state index contributed by atoms with van der Waals surface area (Å²) in [4.78, 5) is 17.3. The molecule has 1 aliphatic carbocycles. The molecular formula is C22H33N3OS. The lowest BCUT2D eigenvalue weighted by atomic mass is 9.86. The number of unbranched alkanes of at least 4 members (excludes halogenated alkanes) is 3. The van der Waals surface area contributed by atoms with E-state index in [9.17, 15) is 4.79 Å². The van der Waals surface area contributed by atoms with Crippen molar-refractivity contribution in [1.29, 1.82) is 0 Å². The predicted octanol–water partition coefficient (Wildman–Crippen LogP) is 5.40. The van der Waals surface area contributed by atoms with Crippen molar-refractivity contribution in [3.05, 3.63) is 24.3 Å². The number of benzene rings is 1. The maximum absolute atomic E-state index is 12.5. The number of amides is 1. The van der Waals surface area contributed by atoms with E-state index in [1.807, 2.05) is 6.07 Å². The van der Waals surface area contributed by atoms with Crippen molar-refractivity contribution in [2.24, 2.45) is 5.92 Å². The number of hydrogen-bond donors (Lipinski definition) is 1. The summed E-state index contributed by atoms with van der Waals surface area (Å²) in [6.07, 6.45) is 9.79. The quantitative estimate of drug-likeness (QED) is 0.463. The molecule has 1 N–H and O–H groups in total. The van der Waals surface area contributed by atoms with Crippen LogP contribution < -0.4 is 5.32 Å². The van der Waals surface area contributed by atoms with E-state index in [2.05, 4.69) is 41.9 Å². The van der Waals surface area contributed by atoms with Gasteiger partial charge in [-0.1, -0.05) is 69.8 Å². The van der Waals surface area contributed by atoms with Crippen LogP contribution in [0.1, 0.15) is 65.2 Å². The zero-order chi connectivity index (χ0) is 19.1. The summed E-state index contributed by atoms with van der Waals surface area (Å²) in [5, 5.41) is 4.23. The van der Waals surface area contributed by atoms with Gasteiger partial charge in [0.05, 0.1) is 16.8 Å². The maximum atomic E-state index is 12.5. The van der Waals surface area contributed by atoms with E-state index in [1.165, 1.54) is 44.0 Å². The van der Waals surface area contributed by atoms with Crippen LogP contribution >= 0.6 is 11.8 Å². The molecule has 1 fully saturated rings. The summed E-state index contributed by atoms with van der Waals surface area (Å²) in [5.74, 6) is 1.18. The van der Waals surface area contributed by atoms with Crippen LogP contribution in [-0.2, 0) is 11.3 Å². The van der Waals surface area contributed by atoms with Gasteiger partial charge in [-0.15, -0.1) is 0 Å². The van der Waals surface area contributed by atoms with Crippen molar-refractivity contribution in [2.45, 2.75) is 83.0 Å². The second-order valence-corrected chi connectivity index (χ2v) is 8.76. The predicted molar refractivity (Wildman–Crippen MR) is 114 cm³/mol. The number of thioether (sulfide) groups is 1. The Hall–Kier alpha value is -1.49. The van der Waals surface area contributed by atoms with Gasteiger partial charge in [0.1, 0.15) is 0 Å². The van der Waals surface area contributed by atoms with Gasteiger partial charge >= 0.3 is 0 Å². The number of aryl methyl sites for hydroxylation is 1. The molecule has 0 saturated heterocycles. The van der Waals surface area contributed by atoms with E-state index in [-0.39, 0.29) is 5.91 Å². The number of fused-ring (bicyclic) bond motifs is 1. The van der Waals surface area contributed by atoms with Crippen molar-refractivity contribution >= 4 is 28.7 Å². The van der Waals surface area contributed by atoms with Crippen LogP contribution in [0.4, 0.5) is 0 Å². The monoisotopic (exact) mass is 387 g/mol. The number of carbonyl (C=O) groups excluding carboxylic acids is 1. The molecule has 3 rings (SSSR count). The number of rotatable bonds is 9. The van der Waals surface area contributed by atoms with Gasteiger partial charge in [0, 0.05) is 12.6 Å². The van der Waals surface area contributed by atoms with Crippen LogP contribution in [-0.4, -0.2) is 27.3 Å². The highest BCUT2D eigenvalue weighted by Gasteiger charge is 2.23. The molecule has 0 bridgehead atoms. The second-order valence-electron chi connectivity index (χ2n) is 7.82. The molecule has 1 aliphatic rings. The van der Waals surface area contributed by atoms with E-state index in [4.69, 9.17) is 4.98 Å². The van der Waals surface area contributed by atoms with Gasteiger partial charge in [0.15, 0.2) is 5.16 Å². The number of imidazole rings is 1. The zero-order valence-corrected chi connectivity index (χ0v) is 17.6. The van der Waals surface area contributed by atoms with Gasteiger partial charge < -0.3 is 9.88 Å². The van der Waals surface area contributed by atoms with Crippen LogP contribution in [0, 0.1) is 5.92 Å². The van der Waals surface area contributed by atoms with Crippen molar-refractivity contribution in [1.82, 2.24) is 14.9 Å². The average molecular weight is 388 g/mol. The van der Waals surface area contributed by atoms with Gasteiger partial charge in [0.25, 0.3) is 0 Å². The van der Waals surface area contributed by atoms with Gasteiger partial charge in [-0.2, -0.15) is 0 Å². The number of para-hydroxylation sites is 2. The maximum Gasteiger partial charge on any atom is 0.230 e. The fraction of sp³-hybridized carbons (Fsp3) is 0.636. The molecule has 0 aliphatic heterocycles. The summed E-state index contributed by atoms with van der Waals surface area (Å²) >= 11 is 1.57. The minimum atomic E-state index is 0.142. The van der Waals surface area contributed by atoms with Gasteiger partial charge in [0.2, 0.25) is 5.91 Å². The lowest BCUT2D eigenvalue weighted by molar-refractivity contribution is -0.119. The molecule has 1 saturated carbocycles. The Balaban J connectivity index is 1.62. The molecular weight excluding hydrogens is 354 g/mol. The Morgan fingerprint density at radius 1 is 1.22 bits per heavy atom. The highest BCUT2D eigenvalue weighted by atomic mass is 32.2. The minimum Gasteiger partial charge on any atom is -0.352 e. The topological polar surface area (TPSA) is 46.9 Å². The molecule has 2 atom stereocenters. The normalized spacial score (nSPS) is 20.1. The first-order valence-electron chi connectivity index (χ1n) is 10.6. The highest BCUT2D eigenvalue weighted by Crippen LogP contribution is 2.26. The largest absolute Gasteiger partial charge is 0.352 e. The average Bonchev–Trinajstić information content (AvgIpc) is 3.03. The first-order valence-corrected chi connectivity index (χ1v) is 11.5. The summed E-state index contributed by atoms with van der Waals surface area (Å²) in [6, 6.07) is 8.64. The molecule has 2 aromatic rings. The molecule has 4 nitrogen and oxygen atoms in total. The summed E-state index contributed by atoms with van der Waals surface area (Å²) < 4.78 is 2.30. The zero-order valence-electron chi connectivity index (χ0n) is 16.7.